The fourth-order valence-electron chi connectivity index (χ4n) is 11.0. The first-order chi connectivity index (χ1) is 36.2. The van der Waals surface area contributed by atoms with Crippen molar-refractivity contribution in [3.8, 4) is 73.0 Å². The van der Waals surface area contributed by atoms with Crippen molar-refractivity contribution in [2.24, 2.45) is 0 Å². The summed E-state index contributed by atoms with van der Waals surface area (Å²) < 4.78 is 2.39. The lowest BCUT2D eigenvalue weighted by molar-refractivity contribution is 1.04. The first kappa shape index (κ1) is 43.3. The summed E-state index contributed by atoms with van der Waals surface area (Å²) in [6.45, 7) is 8.03. The molecule has 0 aliphatic carbocycles. The maximum Gasteiger partial charge on any atom is 0.164 e. The summed E-state index contributed by atoms with van der Waals surface area (Å²) in [5.41, 5.74) is 15.1. The van der Waals surface area contributed by atoms with Crippen molar-refractivity contribution < 1.29 is 0 Å². The molecule has 0 saturated carbocycles. The molecular weight excluding hydrogens is 885 g/mol. The molecule has 73 heavy (non-hydrogen) atoms. The van der Waals surface area contributed by atoms with Crippen LogP contribution in [0.15, 0.2) is 268 Å². The van der Waals surface area contributed by atoms with Gasteiger partial charge in [-0.2, -0.15) is 0 Å². The quantitative estimate of drug-likeness (QED) is 0.101. The maximum atomic E-state index is 5.10. The van der Waals surface area contributed by atoms with E-state index >= 15 is 0 Å². The predicted molar refractivity (Wildman–Crippen MR) is 308 cm³/mol. The molecule has 0 saturated heterocycles. The number of aromatic nitrogens is 4. The van der Waals surface area contributed by atoms with Crippen LogP contribution >= 0.6 is 0 Å². The van der Waals surface area contributed by atoms with Crippen molar-refractivity contribution in [1.29, 1.82) is 0 Å². The standard InChI is InChI=1S/C69H46N4/c1-3-22-45(4-2)67-70-68(50-27-12-7-13-28-50)72-69(71-67)51-39-37-48(38-40-51)61-62(49-41-43-52(44-42-49)73-59-35-20-18-31-55(59)56-32-19-21-36-60(56)73)64(47-25-10-6-11-26-47)66-58-34-17-15-30-54(58)53-29-14-16-33-57(53)65(66)63(61)46-23-8-5-9-24-46/h3-44H,1-2H2/b45-22+. The molecular formula is C69H46N4. The summed E-state index contributed by atoms with van der Waals surface area (Å²) in [7, 11) is 0. The van der Waals surface area contributed by atoms with Gasteiger partial charge in [0.25, 0.3) is 0 Å². The molecule has 0 radical (unpaired) electrons. The van der Waals surface area contributed by atoms with Crippen LogP contribution in [0.5, 0.6) is 0 Å². The monoisotopic (exact) mass is 930 g/mol. The third kappa shape index (κ3) is 7.35. The van der Waals surface area contributed by atoms with Crippen LogP contribution < -0.4 is 0 Å². The summed E-state index contributed by atoms with van der Waals surface area (Å²) >= 11 is 0. The maximum absolute atomic E-state index is 5.10. The van der Waals surface area contributed by atoms with E-state index in [0.717, 1.165) is 55.8 Å². The van der Waals surface area contributed by atoms with Crippen LogP contribution in [-0.4, -0.2) is 19.5 Å². The highest BCUT2D eigenvalue weighted by Crippen LogP contribution is 2.54. The fraction of sp³-hybridized carbons (Fsp3) is 0. The lowest BCUT2D eigenvalue weighted by atomic mass is 9.76. The number of hydrogen-bond donors (Lipinski definition) is 0. The molecule has 342 valence electrons. The van der Waals surface area contributed by atoms with E-state index in [1.807, 2.05) is 36.4 Å². The smallest absolute Gasteiger partial charge is 0.164 e. The summed E-state index contributed by atoms with van der Waals surface area (Å²) in [4.78, 5) is 15.1. The lowest BCUT2D eigenvalue weighted by Gasteiger charge is -2.26. The molecule has 0 spiro atoms. The van der Waals surface area contributed by atoms with Crippen molar-refractivity contribution in [3.05, 3.63) is 274 Å². The number of fused-ring (bicyclic) bond motifs is 9. The van der Waals surface area contributed by atoms with E-state index in [1.54, 1.807) is 12.2 Å². The molecule has 2 heterocycles. The highest BCUT2D eigenvalue weighted by molar-refractivity contribution is 6.35. The normalized spacial score (nSPS) is 11.8. The van der Waals surface area contributed by atoms with Crippen molar-refractivity contribution >= 4 is 59.7 Å². The van der Waals surface area contributed by atoms with Crippen LogP contribution in [0.1, 0.15) is 5.82 Å². The molecule has 0 amide bonds. The molecule has 0 aliphatic rings. The molecule has 0 N–H and O–H groups in total. The van der Waals surface area contributed by atoms with E-state index in [2.05, 4.69) is 224 Å². The van der Waals surface area contributed by atoms with Gasteiger partial charge in [-0.15, -0.1) is 0 Å². The Kier molecular flexibility index (Phi) is 10.8. The van der Waals surface area contributed by atoms with Gasteiger partial charge in [0.05, 0.1) is 11.0 Å². The van der Waals surface area contributed by atoms with Crippen LogP contribution in [0.25, 0.3) is 133 Å². The molecule has 0 atom stereocenters. The molecule has 4 heteroatoms. The fourth-order valence-corrected chi connectivity index (χ4v) is 11.0. The van der Waals surface area contributed by atoms with Gasteiger partial charge in [-0.05, 0) is 101 Å². The molecule has 0 unspecified atom stereocenters. The summed E-state index contributed by atoms with van der Waals surface area (Å²) in [5, 5.41) is 9.76. The molecule has 13 rings (SSSR count). The third-order valence-electron chi connectivity index (χ3n) is 14.2. The Bertz CT molecular complexity index is 4250. The number of nitrogens with zero attached hydrogens (tertiary/aromatic N) is 4. The van der Waals surface area contributed by atoms with Gasteiger partial charge in [-0.1, -0.05) is 244 Å². The Morgan fingerprint density at radius 2 is 0.685 bits per heavy atom. The van der Waals surface area contributed by atoms with Crippen molar-refractivity contribution in [2.45, 2.75) is 0 Å². The van der Waals surface area contributed by atoms with Crippen LogP contribution in [0.2, 0.25) is 0 Å². The molecule has 13 aromatic rings. The van der Waals surface area contributed by atoms with Crippen LogP contribution in [0, 0.1) is 0 Å². The zero-order valence-electron chi connectivity index (χ0n) is 40.0. The first-order valence-electron chi connectivity index (χ1n) is 24.7. The minimum Gasteiger partial charge on any atom is -0.309 e. The Morgan fingerprint density at radius 3 is 1.14 bits per heavy atom. The van der Waals surface area contributed by atoms with Crippen LogP contribution in [0.4, 0.5) is 0 Å². The summed E-state index contributed by atoms with van der Waals surface area (Å²) in [5.74, 6) is 1.68. The Morgan fingerprint density at radius 1 is 0.329 bits per heavy atom. The van der Waals surface area contributed by atoms with Crippen molar-refractivity contribution in [3.63, 3.8) is 0 Å². The Balaban J connectivity index is 1.14. The lowest BCUT2D eigenvalue weighted by Crippen LogP contribution is -2.02. The van der Waals surface area contributed by atoms with Gasteiger partial charge in [0.1, 0.15) is 0 Å². The molecule has 0 fully saturated rings. The van der Waals surface area contributed by atoms with E-state index in [-0.39, 0.29) is 0 Å². The second kappa shape index (κ2) is 18.2. The molecule has 0 aliphatic heterocycles. The van der Waals surface area contributed by atoms with Gasteiger partial charge < -0.3 is 4.57 Å². The summed E-state index contributed by atoms with van der Waals surface area (Å²) in [6.07, 6.45) is 5.37. The van der Waals surface area contributed by atoms with Gasteiger partial charge in [-0.3, -0.25) is 0 Å². The zero-order chi connectivity index (χ0) is 48.8. The predicted octanol–water partition coefficient (Wildman–Crippen LogP) is 18.2. The zero-order valence-corrected chi connectivity index (χ0v) is 40.0. The van der Waals surface area contributed by atoms with Gasteiger partial charge in [0.15, 0.2) is 17.5 Å². The minimum absolute atomic E-state index is 0.530. The van der Waals surface area contributed by atoms with Crippen LogP contribution in [-0.2, 0) is 0 Å². The van der Waals surface area contributed by atoms with Gasteiger partial charge in [0, 0.05) is 33.2 Å². The van der Waals surface area contributed by atoms with Gasteiger partial charge >= 0.3 is 0 Å². The highest BCUT2D eigenvalue weighted by atomic mass is 15.0. The van der Waals surface area contributed by atoms with Gasteiger partial charge in [-0.25, -0.2) is 15.0 Å². The number of para-hydroxylation sites is 2. The second-order valence-corrected chi connectivity index (χ2v) is 18.3. The summed E-state index contributed by atoms with van der Waals surface area (Å²) in [6, 6.07) is 85.3. The number of allylic oxidation sites excluding steroid dienone is 4. The largest absolute Gasteiger partial charge is 0.309 e. The number of hydrogen-bond acceptors (Lipinski definition) is 3. The number of rotatable bonds is 10. The SMILES string of the molecule is C=C/C=C(\C=C)c1nc(-c2ccccc2)nc(-c2ccc(-c3c(-c4ccc(-n5c6ccccc6c6ccccc65)cc4)c(-c4ccccc4)c4c5ccccc5c5ccccc5c4c3-c3ccccc3)cc2)n1. The molecule has 4 nitrogen and oxygen atoms in total. The second-order valence-electron chi connectivity index (χ2n) is 18.3. The third-order valence-corrected chi connectivity index (χ3v) is 14.2. The average Bonchev–Trinajstić information content (AvgIpc) is 3.81. The molecule has 0 bridgehead atoms. The molecule has 11 aromatic carbocycles. The Hall–Kier alpha value is -9.77. The topological polar surface area (TPSA) is 43.6 Å². The average molecular weight is 931 g/mol. The van der Waals surface area contributed by atoms with E-state index in [9.17, 15) is 0 Å². The van der Waals surface area contributed by atoms with Crippen molar-refractivity contribution in [2.75, 3.05) is 0 Å². The number of benzene rings is 11. The van der Waals surface area contributed by atoms with E-state index in [0.29, 0.717) is 17.5 Å². The van der Waals surface area contributed by atoms with Crippen molar-refractivity contribution in [1.82, 2.24) is 19.5 Å². The van der Waals surface area contributed by atoms with E-state index in [1.165, 1.54) is 65.3 Å². The van der Waals surface area contributed by atoms with Gasteiger partial charge in [0.2, 0.25) is 0 Å². The highest BCUT2D eigenvalue weighted by Gasteiger charge is 2.27. The first-order valence-corrected chi connectivity index (χ1v) is 24.7. The van der Waals surface area contributed by atoms with E-state index in [4.69, 9.17) is 15.0 Å². The Labute approximate surface area is 423 Å². The molecule has 2 aromatic heterocycles. The minimum atomic E-state index is 0.530. The van der Waals surface area contributed by atoms with Crippen LogP contribution in [0.3, 0.4) is 0 Å². The van der Waals surface area contributed by atoms with E-state index < -0.39 is 0 Å².